The molecule has 0 N–H and O–H groups in total. The van der Waals surface area contributed by atoms with Crippen LogP contribution in [0.3, 0.4) is 0 Å². The molecule has 0 aromatic heterocycles. The Morgan fingerprint density at radius 1 is 1.00 bits per heavy atom. The molecule has 3 aliphatic heterocycles. The maximum absolute atomic E-state index is 12.8. The number of morpholine rings is 1. The molecular weight excluding hydrogens is 294 g/mol. The zero-order chi connectivity index (χ0) is 16.4. The van der Waals surface area contributed by atoms with Crippen LogP contribution in [0.4, 0.5) is 0 Å². The highest BCUT2D eigenvalue weighted by Crippen LogP contribution is 2.31. The molecule has 3 aliphatic rings. The van der Waals surface area contributed by atoms with Crippen molar-refractivity contribution in [3.8, 4) is 0 Å². The first kappa shape index (κ1) is 16.7. The lowest BCUT2D eigenvalue weighted by Crippen LogP contribution is -2.55. The second kappa shape index (κ2) is 7.18. The average molecular weight is 323 g/mol. The van der Waals surface area contributed by atoms with Crippen LogP contribution in [0.25, 0.3) is 0 Å². The van der Waals surface area contributed by atoms with Gasteiger partial charge in [0, 0.05) is 38.6 Å². The molecule has 0 unspecified atom stereocenters. The summed E-state index contributed by atoms with van der Waals surface area (Å²) in [5, 5.41) is 0. The Bertz CT molecular complexity index is 450. The Kier molecular flexibility index (Phi) is 5.21. The van der Waals surface area contributed by atoms with Gasteiger partial charge in [-0.25, -0.2) is 0 Å². The maximum Gasteiger partial charge on any atom is 0.239 e. The summed E-state index contributed by atoms with van der Waals surface area (Å²) in [4.78, 5) is 31.0. The van der Waals surface area contributed by atoms with Crippen molar-refractivity contribution < 1.29 is 14.3 Å². The zero-order valence-corrected chi connectivity index (χ0v) is 14.4. The van der Waals surface area contributed by atoms with Gasteiger partial charge in [0.2, 0.25) is 11.8 Å². The highest BCUT2D eigenvalue weighted by atomic mass is 16.5. The summed E-state index contributed by atoms with van der Waals surface area (Å²) in [5.74, 6) is 0.388. The molecule has 0 radical (unpaired) electrons. The van der Waals surface area contributed by atoms with Crippen LogP contribution in [0, 0.1) is 0 Å². The van der Waals surface area contributed by atoms with Crippen molar-refractivity contribution in [2.45, 2.75) is 57.7 Å². The number of rotatable bonds is 3. The van der Waals surface area contributed by atoms with Crippen molar-refractivity contribution in [3.63, 3.8) is 0 Å². The first-order valence-corrected chi connectivity index (χ1v) is 8.99. The van der Waals surface area contributed by atoms with Crippen LogP contribution in [0.5, 0.6) is 0 Å². The Labute approximate surface area is 138 Å². The molecule has 3 fully saturated rings. The molecule has 2 amide bonds. The molecule has 0 aromatic carbocycles. The number of carbonyl (C=O) groups is 2. The van der Waals surface area contributed by atoms with E-state index in [0.29, 0.717) is 32.3 Å². The van der Waals surface area contributed by atoms with Crippen molar-refractivity contribution in [2.24, 2.45) is 0 Å². The summed E-state index contributed by atoms with van der Waals surface area (Å²) < 4.78 is 5.35. The molecule has 0 aromatic rings. The Morgan fingerprint density at radius 3 is 2.35 bits per heavy atom. The van der Waals surface area contributed by atoms with E-state index in [0.717, 1.165) is 38.8 Å². The topological polar surface area (TPSA) is 53.1 Å². The maximum atomic E-state index is 12.8. The molecule has 3 heterocycles. The van der Waals surface area contributed by atoms with Gasteiger partial charge in [-0.15, -0.1) is 0 Å². The van der Waals surface area contributed by atoms with Crippen molar-refractivity contribution in [1.82, 2.24) is 14.7 Å². The summed E-state index contributed by atoms with van der Waals surface area (Å²) in [6.45, 7) is 8.21. The number of nitrogens with zero attached hydrogens (tertiary/aromatic N) is 3. The van der Waals surface area contributed by atoms with E-state index in [-0.39, 0.29) is 23.9 Å². The monoisotopic (exact) mass is 323 g/mol. The van der Waals surface area contributed by atoms with Gasteiger partial charge < -0.3 is 14.5 Å². The summed E-state index contributed by atoms with van der Waals surface area (Å²) >= 11 is 0. The smallest absolute Gasteiger partial charge is 0.239 e. The van der Waals surface area contributed by atoms with E-state index in [1.165, 1.54) is 0 Å². The molecule has 0 spiro atoms. The van der Waals surface area contributed by atoms with E-state index in [9.17, 15) is 9.59 Å². The van der Waals surface area contributed by atoms with Crippen LogP contribution in [-0.2, 0) is 14.3 Å². The van der Waals surface area contributed by atoms with Crippen molar-refractivity contribution in [3.05, 3.63) is 0 Å². The van der Waals surface area contributed by atoms with Crippen molar-refractivity contribution in [2.75, 3.05) is 39.4 Å². The number of hydrogen-bond donors (Lipinski definition) is 0. The van der Waals surface area contributed by atoms with Gasteiger partial charge in [0.05, 0.1) is 19.3 Å². The number of hydrogen-bond acceptors (Lipinski definition) is 4. The van der Waals surface area contributed by atoms with Gasteiger partial charge in [0.1, 0.15) is 0 Å². The second-order valence-electron chi connectivity index (χ2n) is 6.98. The van der Waals surface area contributed by atoms with E-state index in [1.54, 1.807) is 6.92 Å². The van der Waals surface area contributed by atoms with Gasteiger partial charge in [0.15, 0.2) is 0 Å². The van der Waals surface area contributed by atoms with Gasteiger partial charge >= 0.3 is 0 Å². The van der Waals surface area contributed by atoms with E-state index in [1.807, 2.05) is 16.7 Å². The number of ether oxygens (including phenoxy) is 1. The minimum Gasteiger partial charge on any atom is -0.378 e. The predicted molar refractivity (Wildman–Crippen MR) is 87.0 cm³/mol. The quantitative estimate of drug-likeness (QED) is 0.767. The first-order valence-electron chi connectivity index (χ1n) is 8.99. The van der Waals surface area contributed by atoms with Crippen LogP contribution in [-0.4, -0.2) is 84.0 Å². The fourth-order valence-corrected chi connectivity index (χ4v) is 4.48. The Hall–Kier alpha value is -1.14. The van der Waals surface area contributed by atoms with Gasteiger partial charge in [-0.3, -0.25) is 14.5 Å². The summed E-state index contributed by atoms with van der Waals surface area (Å²) in [7, 11) is 0. The second-order valence-corrected chi connectivity index (χ2v) is 6.98. The lowest BCUT2D eigenvalue weighted by molar-refractivity contribution is -0.141. The summed E-state index contributed by atoms with van der Waals surface area (Å²) in [6.07, 6.45) is 4.36. The largest absolute Gasteiger partial charge is 0.378 e. The highest BCUT2D eigenvalue weighted by Gasteiger charge is 2.42. The molecule has 0 aliphatic carbocycles. The van der Waals surface area contributed by atoms with E-state index in [4.69, 9.17) is 4.74 Å². The third-order valence-electron chi connectivity index (χ3n) is 5.67. The van der Waals surface area contributed by atoms with Gasteiger partial charge in [0.25, 0.3) is 0 Å². The van der Waals surface area contributed by atoms with Gasteiger partial charge in [-0.05, 0) is 39.2 Å². The average Bonchev–Trinajstić information content (AvgIpc) is 3.22. The van der Waals surface area contributed by atoms with E-state index >= 15 is 0 Å². The third-order valence-corrected chi connectivity index (χ3v) is 5.67. The van der Waals surface area contributed by atoms with Crippen LogP contribution in [0.2, 0.25) is 0 Å². The summed E-state index contributed by atoms with van der Waals surface area (Å²) in [5.41, 5.74) is 0. The van der Waals surface area contributed by atoms with Crippen molar-refractivity contribution >= 4 is 11.8 Å². The lowest BCUT2D eigenvalue weighted by Gasteiger charge is -2.39. The molecule has 130 valence electrons. The minimum absolute atomic E-state index is 0.102. The normalized spacial score (nSPS) is 30.7. The SMILES string of the molecule is CC(=O)N1CCC[C@@H]1[C@@H]1CCCN1[C@H](C)C(=O)N1CCOCC1. The van der Waals surface area contributed by atoms with Crippen LogP contribution in [0.1, 0.15) is 39.5 Å². The molecule has 6 heteroatoms. The Balaban J connectivity index is 1.68. The molecular formula is C17H29N3O3. The van der Waals surface area contributed by atoms with Crippen LogP contribution < -0.4 is 0 Å². The molecule has 23 heavy (non-hydrogen) atoms. The van der Waals surface area contributed by atoms with Gasteiger partial charge in [-0.1, -0.05) is 0 Å². The van der Waals surface area contributed by atoms with Crippen molar-refractivity contribution in [1.29, 1.82) is 0 Å². The number of likely N-dealkylation sites (tertiary alicyclic amines) is 2. The van der Waals surface area contributed by atoms with E-state index in [2.05, 4.69) is 4.90 Å². The lowest BCUT2D eigenvalue weighted by atomic mass is 10.0. The highest BCUT2D eigenvalue weighted by molar-refractivity contribution is 5.81. The fraction of sp³-hybridized carbons (Fsp3) is 0.882. The number of amides is 2. The zero-order valence-electron chi connectivity index (χ0n) is 14.4. The third kappa shape index (κ3) is 3.38. The summed E-state index contributed by atoms with van der Waals surface area (Å²) in [6, 6.07) is 0.520. The molecule has 3 atom stereocenters. The van der Waals surface area contributed by atoms with Crippen LogP contribution >= 0.6 is 0 Å². The molecule has 0 saturated carbocycles. The molecule has 0 bridgehead atoms. The minimum atomic E-state index is -0.102. The van der Waals surface area contributed by atoms with Crippen LogP contribution in [0.15, 0.2) is 0 Å². The first-order chi connectivity index (χ1) is 11.1. The standard InChI is InChI=1S/C17H29N3O3/c1-13(17(22)18-9-11-23-12-10-18)19-7-3-5-15(19)16-6-4-8-20(16)14(2)21/h13,15-16H,3-12H2,1-2H3/t13-,15+,16-/m1/s1. The molecule has 6 nitrogen and oxygen atoms in total. The molecule has 3 rings (SSSR count). The molecule has 3 saturated heterocycles. The Morgan fingerprint density at radius 2 is 1.65 bits per heavy atom. The van der Waals surface area contributed by atoms with Gasteiger partial charge in [-0.2, -0.15) is 0 Å². The number of carbonyl (C=O) groups excluding carboxylic acids is 2. The predicted octanol–water partition coefficient (Wildman–Crippen LogP) is 0.709. The van der Waals surface area contributed by atoms with E-state index < -0.39 is 0 Å². The fourth-order valence-electron chi connectivity index (χ4n) is 4.48.